The van der Waals surface area contributed by atoms with Crippen LogP contribution in [0.15, 0.2) is 53.4 Å². The zero-order valence-corrected chi connectivity index (χ0v) is 16.6. The largest absolute Gasteiger partial charge is 0.456 e. The molecule has 9 heteroatoms. The number of nitrogens with zero attached hydrogens (tertiary/aromatic N) is 3. The molecule has 0 saturated heterocycles. The van der Waals surface area contributed by atoms with Gasteiger partial charge in [-0.3, -0.25) is 0 Å². The summed E-state index contributed by atoms with van der Waals surface area (Å²) in [5.74, 6) is -0.739. The van der Waals surface area contributed by atoms with Crippen molar-refractivity contribution in [1.82, 2.24) is 9.78 Å². The second kappa shape index (κ2) is 7.87. The molecule has 0 aliphatic rings. The molecular formula is C20H18N4O4S. The number of aromatic nitrogens is 2. The van der Waals surface area contributed by atoms with Crippen molar-refractivity contribution in [3.63, 3.8) is 0 Å². The third-order valence-electron chi connectivity index (χ3n) is 4.34. The predicted molar refractivity (Wildman–Crippen MR) is 105 cm³/mol. The molecule has 0 atom stereocenters. The molecule has 0 fully saturated rings. The lowest BCUT2D eigenvalue weighted by Gasteiger charge is -2.10. The Labute approximate surface area is 168 Å². The maximum Gasteiger partial charge on any atom is 0.338 e. The van der Waals surface area contributed by atoms with Crippen LogP contribution in [0, 0.1) is 25.2 Å². The second-order valence-corrected chi connectivity index (χ2v) is 7.90. The normalized spacial score (nSPS) is 11.1. The number of sulfonamides is 1. The molecule has 0 saturated carbocycles. The Morgan fingerprint density at radius 3 is 2.52 bits per heavy atom. The van der Waals surface area contributed by atoms with E-state index in [0.29, 0.717) is 22.5 Å². The van der Waals surface area contributed by atoms with Crippen LogP contribution in [0.2, 0.25) is 0 Å². The molecule has 2 aromatic carbocycles. The summed E-state index contributed by atoms with van der Waals surface area (Å²) in [5, 5.41) is 19.0. The van der Waals surface area contributed by atoms with Gasteiger partial charge in [-0.25, -0.2) is 23.0 Å². The van der Waals surface area contributed by atoms with Gasteiger partial charge in [-0.1, -0.05) is 24.3 Å². The zero-order chi connectivity index (χ0) is 21.2. The molecule has 0 bridgehead atoms. The van der Waals surface area contributed by atoms with Crippen molar-refractivity contribution >= 4 is 16.0 Å². The number of benzene rings is 2. The number of nitriles is 1. The highest BCUT2D eigenvalue weighted by Crippen LogP contribution is 2.21. The van der Waals surface area contributed by atoms with Gasteiger partial charge in [0.1, 0.15) is 18.2 Å². The lowest BCUT2D eigenvalue weighted by molar-refractivity contribution is 0.0464. The van der Waals surface area contributed by atoms with Gasteiger partial charge >= 0.3 is 5.97 Å². The summed E-state index contributed by atoms with van der Waals surface area (Å²) in [6.07, 6.45) is 0. The van der Waals surface area contributed by atoms with E-state index in [2.05, 4.69) is 11.2 Å². The summed E-state index contributed by atoms with van der Waals surface area (Å²) in [6.45, 7) is 3.06. The average Bonchev–Trinajstić information content (AvgIpc) is 3.01. The first kappa shape index (κ1) is 20.3. The summed E-state index contributed by atoms with van der Waals surface area (Å²) >= 11 is 0. The third kappa shape index (κ3) is 4.18. The molecule has 8 nitrogen and oxygen atoms in total. The molecule has 0 aliphatic heterocycles. The van der Waals surface area contributed by atoms with Gasteiger partial charge in [0.2, 0.25) is 10.0 Å². The number of nitrogens with two attached hydrogens (primary N) is 1. The molecule has 0 spiro atoms. The lowest BCUT2D eigenvalue weighted by Crippen LogP contribution is -2.15. The molecule has 1 heterocycles. The smallest absolute Gasteiger partial charge is 0.338 e. The Kier molecular flexibility index (Phi) is 5.50. The zero-order valence-electron chi connectivity index (χ0n) is 15.8. The number of para-hydroxylation sites is 1. The molecule has 29 heavy (non-hydrogen) atoms. The van der Waals surface area contributed by atoms with Crippen LogP contribution in [0.5, 0.6) is 0 Å². The fraction of sp³-hybridized carbons (Fsp3) is 0.150. The molecule has 0 aliphatic carbocycles. The number of hydrogen-bond acceptors (Lipinski definition) is 6. The first-order valence-corrected chi connectivity index (χ1v) is 10.1. The van der Waals surface area contributed by atoms with Crippen molar-refractivity contribution in [2.24, 2.45) is 5.14 Å². The van der Waals surface area contributed by atoms with E-state index in [-0.39, 0.29) is 17.1 Å². The third-order valence-corrected chi connectivity index (χ3v) is 5.39. The van der Waals surface area contributed by atoms with E-state index in [9.17, 15) is 18.5 Å². The number of primary sulfonamides is 1. The van der Waals surface area contributed by atoms with Crippen LogP contribution in [-0.4, -0.2) is 24.2 Å². The van der Waals surface area contributed by atoms with Crippen LogP contribution >= 0.6 is 0 Å². The van der Waals surface area contributed by atoms with Crippen molar-refractivity contribution in [1.29, 1.82) is 5.26 Å². The molecule has 148 valence electrons. The first-order valence-electron chi connectivity index (χ1n) is 8.57. The lowest BCUT2D eigenvalue weighted by atomic mass is 10.1. The van der Waals surface area contributed by atoms with Crippen LogP contribution in [0.3, 0.4) is 0 Å². The van der Waals surface area contributed by atoms with Gasteiger partial charge < -0.3 is 4.74 Å². The highest BCUT2D eigenvalue weighted by Gasteiger charge is 2.20. The summed E-state index contributed by atoms with van der Waals surface area (Å²) in [5.41, 5.74) is 2.43. The summed E-state index contributed by atoms with van der Waals surface area (Å²) < 4.78 is 30.2. The highest BCUT2D eigenvalue weighted by molar-refractivity contribution is 7.89. The van der Waals surface area contributed by atoms with E-state index >= 15 is 0 Å². The molecule has 2 N–H and O–H groups in total. The number of aryl methyl sites for hydroxylation is 2. The second-order valence-electron chi connectivity index (χ2n) is 6.37. The predicted octanol–water partition coefficient (Wildman–Crippen LogP) is 2.37. The molecule has 1 aromatic heterocycles. The maximum atomic E-state index is 12.5. The van der Waals surface area contributed by atoms with E-state index in [1.165, 1.54) is 18.2 Å². The minimum absolute atomic E-state index is 0.0423. The van der Waals surface area contributed by atoms with Crippen LogP contribution in [-0.2, 0) is 21.4 Å². The fourth-order valence-corrected chi connectivity index (χ4v) is 3.70. The number of esters is 1. The van der Waals surface area contributed by atoms with Crippen LogP contribution < -0.4 is 5.14 Å². The standard InChI is InChI=1S/C20H18N4O4S/c1-13-8-9-15(10-19(13)29(22,26)27)20(25)28-12-18-17(11-21)14(2)23-24(18)16-6-4-3-5-7-16/h3-10H,12H2,1-2H3,(H2,22,26,27). The van der Waals surface area contributed by atoms with Gasteiger partial charge in [0.15, 0.2) is 0 Å². The van der Waals surface area contributed by atoms with E-state index in [1.807, 2.05) is 30.3 Å². The number of ether oxygens (including phenoxy) is 1. The summed E-state index contributed by atoms with van der Waals surface area (Å²) in [4.78, 5) is 12.3. The van der Waals surface area contributed by atoms with Crippen LogP contribution in [0.1, 0.15) is 32.9 Å². The van der Waals surface area contributed by atoms with Gasteiger partial charge in [0.05, 0.1) is 27.5 Å². The summed E-state index contributed by atoms with van der Waals surface area (Å²) in [6, 6.07) is 15.3. The molecule has 3 aromatic rings. The van der Waals surface area contributed by atoms with Crippen LogP contribution in [0.25, 0.3) is 5.69 Å². The Bertz CT molecular complexity index is 1230. The quantitative estimate of drug-likeness (QED) is 0.643. The van der Waals surface area contributed by atoms with Crippen molar-refractivity contribution < 1.29 is 17.9 Å². The average molecular weight is 410 g/mol. The highest BCUT2D eigenvalue weighted by atomic mass is 32.2. The van der Waals surface area contributed by atoms with Gasteiger partial charge in [-0.15, -0.1) is 0 Å². The Morgan fingerprint density at radius 2 is 1.90 bits per heavy atom. The molecule has 0 unspecified atom stereocenters. The summed E-state index contributed by atoms with van der Waals surface area (Å²) in [7, 11) is -3.97. The first-order chi connectivity index (χ1) is 13.7. The van der Waals surface area contributed by atoms with Gasteiger partial charge in [0.25, 0.3) is 0 Å². The van der Waals surface area contributed by atoms with Gasteiger partial charge in [-0.2, -0.15) is 10.4 Å². The van der Waals surface area contributed by atoms with Gasteiger partial charge in [0, 0.05) is 0 Å². The maximum absolute atomic E-state index is 12.5. The SMILES string of the molecule is Cc1ccc(C(=O)OCc2c(C#N)c(C)nn2-c2ccccc2)cc1S(N)(=O)=O. The van der Waals surface area contributed by atoms with Crippen molar-refractivity contribution in [3.05, 3.63) is 76.6 Å². The number of hydrogen-bond donors (Lipinski definition) is 1. The molecule has 3 rings (SSSR count). The molecular weight excluding hydrogens is 392 g/mol. The van der Waals surface area contributed by atoms with E-state index < -0.39 is 16.0 Å². The Morgan fingerprint density at radius 1 is 1.21 bits per heavy atom. The topological polar surface area (TPSA) is 128 Å². The monoisotopic (exact) mass is 410 g/mol. The van der Waals surface area contributed by atoms with E-state index in [0.717, 1.165) is 5.69 Å². The van der Waals surface area contributed by atoms with E-state index in [4.69, 9.17) is 9.88 Å². The minimum Gasteiger partial charge on any atom is -0.456 e. The number of carbonyl (C=O) groups is 1. The fourth-order valence-electron chi connectivity index (χ4n) is 2.89. The number of carbonyl (C=O) groups excluding carboxylic acids is 1. The minimum atomic E-state index is -3.97. The Balaban J connectivity index is 1.91. The van der Waals surface area contributed by atoms with Crippen LogP contribution in [0.4, 0.5) is 0 Å². The van der Waals surface area contributed by atoms with E-state index in [1.54, 1.807) is 18.5 Å². The van der Waals surface area contributed by atoms with Gasteiger partial charge in [-0.05, 0) is 43.7 Å². The number of rotatable bonds is 5. The molecule has 0 amide bonds. The van der Waals surface area contributed by atoms with Crippen molar-refractivity contribution in [3.8, 4) is 11.8 Å². The Hall–Kier alpha value is -3.48. The van der Waals surface area contributed by atoms with Crippen molar-refractivity contribution in [2.75, 3.05) is 0 Å². The molecule has 0 radical (unpaired) electrons. The van der Waals surface area contributed by atoms with Crippen molar-refractivity contribution in [2.45, 2.75) is 25.3 Å².